The minimum atomic E-state index is -0.181. The molecular weight excluding hydrogens is 394 g/mol. The van der Waals surface area contributed by atoms with E-state index in [9.17, 15) is 4.79 Å². The van der Waals surface area contributed by atoms with Gasteiger partial charge in [0, 0.05) is 30.6 Å². The molecule has 2 atom stereocenters. The molecule has 2 aromatic rings. The van der Waals surface area contributed by atoms with Crippen molar-refractivity contribution in [2.75, 3.05) is 24.3 Å². The van der Waals surface area contributed by atoms with Gasteiger partial charge in [0.25, 0.3) is 0 Å². The highest BCUT2D eigenvalue weighted by Crippen LogP contribution is 2.48. The molecule has 1 aromatic heterocycles. The van der Waals surface area contributed by atoms with E-state index in [2.05, 4.69) is 39.1 Å². The smallest absolute Gasteiger partial charge is 0.318 e. The van der Waals surface area contributed by atoms with Crippen LogP contribution in [0.2, 0.25) is 0 Å². The number of anilines is 2. The van der Waals surface area contributed by atoms with E-state index in [4.69, 9.17) is 20.9 Å². The Hall–Kier alpha value is -2.87. The van der Waals surface area contributed by atoms with Gasteiger partial charge in [0.15, 0.2) is 6.23 Å². The molecule has 0 bridgehead atoms. The Morgan fingerprint density at radius 1 is 1.19 bits per heavy atom. The topological polar surface area (TPSA) is 120 Å². The van der Waals surface area contributed by atoms with Gasteiger partial charge in [-0.1, -0.05) is 12.1 Å². The number of hydrogen-bond acceptors (Lipinski definition) is 7. The first kappa shape index (κ1) is 20.1. The van der Waals surface area contributed by atoms with Crippen molar-refractivity contribution in [1.82, 2.24) is 9.97 Å². The van der Waals surface area contributed by atoms with Crippen LogP contribution in [0.15, 0.2) is 24.3 Å². The monoisotopic (exact) mass is 423 g/mol. The van der Waals surface area contributed by atoms with Gasteiger partial charge in [-0.2, -0.15) is 9.97 Å². The van der Waals surface area contributed by atoms with Crippen molar-refractivity contribution >= 4 is 17.4 Å². The summed E-state index contributed by atoms with van der Waals surface area (Å²) in [4.78, 5) is 22.2. The van der Waals surface area contributed by atoms with E-state index >= 15 is 0 Å². The summed E-state index contributed by atoms with van der Waals surface area (Å²) >= 11 is 0. The van der Waals surface area contributed by atoms with Gasteiger partial charge in [-0.15, -0.1) is 0 Å². The van der Waals surface area contributed by atoms with Gasteiger partial charge in [-0.3, -0.25) is 4.79 Å². The summed E-state index contributed by atoms with van der Waals surface area (Å²) in [5, 5.41) is 0. The quantitative estimate of drug-likeness (QED) is 0.709. The van der Waals surface area contributed by atoms with Gasteiger partial charge < -0.3 is 25.8 Å². The van der Waals surface area contributed by atoms with Crippen LogP contribution in [0.1, 0.15) is 60.9 Å². The number of amides is 1. The molecule has 8 heteroatoms. The van der Waals surface area contributed by atoms with Gasteiger partial charge in [-0.05, 0) is 55.2 Å². The van der Waals surface area contributed by atoms with Crippen molar-refractivity contribution in [2.24, 2.45) is 11.7 Å². The fourth-order valence-electron chi connectivity index (χ4n) is 5.21. The summed E-state index contributed by atoms with van der Waals surface area (Å²) in [5.41, 5.74) is 15.8. The number of epoxide rings is 1. The molecule has 2 aliphatic heterocycles. The Labute approximate surface area is 181 Å². The largest absolute Gasteiger partial charge is 0.467 e. The van der Waals surface area contributed by atoms with Crippen LogP contribution in [0.25, 0.3) is 0 Å². The molecule has 4 N–H and O–H groups in total. The Bertz CT molecular complexity index is 972. The molecule has 3 heterocycles. The van der Waals surface area contributed by atoms with Crippen molar-refractivity contribution in [1.29, 1.82) is 0 Å². The van der Waals surface area contributed by atoms with Crippen LogP contribution in [0, 0.1) is 5.92 Å². The maximum atomic E-state index is 11.2. The van der Waals surface area contributed by atoms with Crippen molar-refractivity contribution < 1.29 is 14.3 Å². The average molecular weight is 424 g/mol. The van der Waals surface area contributed by atoms with Crippen molar-refractivity contribution in [3.05, 3.63) is 41.1 Å². The Kier molecular flexibility index (Phi) is 5.17. The first-order valence-electron chi connectivity index (χ1n) is 11.0. The molecule has 1 aromatic carbocycles. The zero-order valence-corrected chi connectivity index (χ0v) is 17.8. The van der Waals surface area contributed by atoms with Crippen LogP contribution >= 0.6 is 0 Å². The third kappa shape index (κ3) is 3.92. The van der Waals surface area contributed by atoms with Gasteiger partial charge in [-0.25, -0.2) is 0 Å². The minimum absolute atomic E-state index is 0.0318. The van der Waals surface area contributed by atoms with Crippen molar-refractivity contribution in [3.8, 4) is 6.01 Å². The lowest BCUT2D eigenvalue weighted by atomic mass is 9.77. The van der Waals surface area contributed by atoms with Gasteiger partial charge in [0.2, 0.25) is 5.91 Å². The Morgan fingerprint density at radius 3 is 2.61 bits per heavy atom. The van der Waals surface area contributed by atoms with Gasteiger partial charge in [0.1, 0.15) is 11.9 Å². The van der Waals surface area contributed by atoms with Gasteiger partial charge >= 0.3 is 6.01 Å². The number of methoxy groups -OCH3 is 1. The number of carbonyl (C=O) groups excluding carboxylic acids is 1. The Balaban J connectivity index is 1.27. The average Bonchev–Trinajstić information content (AvgIpc) is 3.55. The van der Waals surface area contributed by atoms with E-state index in [1.165, 1.54) is 5.56 Å². The third-order valence-electron chi connectivity index (χ3n) is 6.90. The van der Waals surface area contributed by atoms with Crippen molar-refractivity contribution in [2.45, 2.75) is 56.8 Å². The number of nitrogens with two attached hydrogens (primary N) is 2. The maximum absolute atomic E-state index is 11.2. The molecule has 0 spiro atoms. The molecule has 8 nitrogen and oxygen atoms in total. The number of rotatable bonds is 5. The molecular formula is C23H29N5O3. The fourth-order valence-corrected chi connectivity index (χ4v) is 5.21. The molecule has 1 saturated heterocycles. The molecule has 1 aliphatic carbocycles. The van der Waals surface area contributed by atoms with E-state index in [0.29, 0.717) is 30.1 Å². The number of carbonyl (C=O) groups is 1. The van der Waals surface area contributed by atoms with E-state index in [-0.39, 0.29) is 18.2 Å². The first-order chi connectivity index (χ1) is 15.0. The van der Waals surface area contributed by atoms with Crippen molar-refractivity contribution in [3.63, 3.8) is 0 Å². The SMILES string of the molecule is COc1nc(N)c2c(n1)CCN(c1ccc(C3CCC(CC(N)=O)CC3)cc1)C1OC21. The zero-order chi connectivity index (χ0) is 21.5. The van der Waals surface area contributed by atoms with Crippen LogP contribution in [0.5, 0.6) is 6.01 Å². The summed E-state index contributed by atoms with van der Waals surface area (Å²) in [7, 11) is 1.55. The van der Waals surface area contributed by atoms with Gasteiger partial charge in [0.05, 0.1) is 12.8 Å². The molecule has 2 unspecified atom stereocenters. The molecule has 31 heavy (non-hydrogen) atoms. The number of hydrogen-bond donors (Lipinski definition) is 2. The molecule has 0 radical (unpaired) electrons. The third-order valence-corrected chi connectivity index (χ3v) is 6.90. The molecule has 5 rings (SSSR count). The van der Waals surface area contributed by atoms with E-state index < -0.39 is 0 Å². The van der Waals surface area contributed by atoms with E-state index in [1.807, 2.05) is 0 Å². The summed E-state index contributed by atoms with van der Waals surface area (Å²) < 4.78 is 11.2. The van der Waals surface area contributed by atoms with Crippen LogP contribution in [-0.4, -0.2) is 35.8 Å². The van der Waals surface area contributed by atoms with Crippen LogP contribution < -0.4 is 21.1 Å². The fraction of sp³-hybridized carbons (Fsp3) is 0.522. The number of fused-ring (bicyclic) bond motifs is 3. The number of benzene rings is 1. The lowest BCUT2D eigenvalue weighted by Crippen LogP contribution is -2.28. The van der Waals surface area contributed by atoms with E-state index in [1.54, 1.807) is 7.11 Å². The molecule has 1 saturated carbocycles. The zero-order valence-electron chi connectivity index (χ0n) is 17.8. The summed E-state index contributed by atoms with van der Waals surface area (Å²) in [6, 6.07) is 9.16. The highest BCUT2D eigenvalue weighted by molar-refractivity contribution is 5.74. The Morgan fingerprint density at radius 2 is 1.94 bits per heavy atom. The number of nitrogens with zero attached hydrogens (tertiary/aromatic N) is 3. The van der Waals surface area contributed by atoms with Crippen LogP contribution in [-0.2, 0) is 16.0 Å². The molecule has 1 amide bonds. The predicted molar refractivity (Wildman–Crippen MR) is 117 cm³/mol. The van der Waals surface area contributed by atoms with E-state index in [0.717, 1.165) is 55.6 Å². The second-order valence-corrected chi connectivity index (χ2v) is 8.83. The summed E-state index contributed by atoms with van der Waals surface area (Å²) in [6.07, 6.45) is 5.53. The first-order valence-corrected chi connectivity index (χ1v) is 11.0. The molecule has 2 fully saturated rings. The van der Waals surface area contributed by atoms with Crippen LogP contribution in [0.3, 0.4) is 0 Å². The second-order valence-electron chi connectivity index (χ2n) is 8.83. The molecule has 164 valence electrons. The number of primary amides is 1. The predicted octanol–water partition coefficient (Wildman–Crippen LogP) is 2.68. The highest BCUT2D eigenvalue weighted by atomic mass is 16.6. The molecule has 3 aliphatic rings. The lowest BCUT2D eigenvalue weighted by molar-refractivity contribution is -0.119. The standard InChI is InChI=1S/C23H29N5O3/c1-30-23-26-17-10-11-28(22-20(31-22)19(17)21(25)27-23)16-8-6-15(7-9-16)14-4-2-13(3-5-14)12-18(24)29/h6-9,13-14,20,22H,2-5,10-12H2,1H3,(H2,24,29)(H2,25,26,27). The van der Waals surface area contributed by atoms with Crippen LogP contribution in [0.4, 0.5) is 11.5 Å². The maximum Gasteiger partial charge on any atom is 0.318 e. The number of ether oxygens (including phenoxy) is 2. The number of aromatic nitrogens is 2. The highest BCUT2D eigenvalue weighted by Gasteiger charge is 2.49. The summed E-state index contributed by atoms with van der Waals surface area (Å²) in [6.45, 7) is 0.797. The second kappa shape index (κ2) is 8.00. The normalized spacial score (nSPS) is 27.1. The summed E-state index contributed by atoms with van der Waals surface area (Å²) in [5.74, 6) is 1.27. The number of nitrogen functional groups attached to an aromatic ring is 1. The lowest BCUT2D eigenvalue weighted by Gasteiger charge is -2.29. The minimum Gasteiger partial charge on any atom is -0.467 e.